The molecular formula is C6H12N4O3. The largest absolute Gasteiger partial charge is 0.468 e. The van der Waals surface area contributed by atoms with Crippen molar-refractivity contribution < 1.29 is 14.3 Å². The van der Waals surface area contributed by atoms with Crippen LogP contribution in [0.4, 0.5) is 4.79 Å². The van der Waals surface area contributed by atoms with Crippen LogP contribution in [0.25, 0.3) is 0 Å². The number of methoxy groups -OCH3 is 1. The molecule has 0 aromatic rings. The quantitative estimate of drug-likeness (QED) is 0.422. The van der Waals surface area contributed by atoms with E-state index < -0.39 is 6.09 Å². The number of carbonyl (C=O) groups excluding carboxylic acids is 1. The Bertz CT molecular complexity index is 236. The third kappa shape index (κ3) is 5.48. The highest BCUT2D eigenvalue weighted by Gasteiger charge is 1.99. The third-order valence-corrected chi connectivity index (χ3v) is 0.908. The van der Waals surface area contributed by atoms with Crippen LogP contribution < -0.4 is 11.5 Å². The molecule has 7 heteroatoms. The van der Waals surface area contributed by atoms with Gasteiger partial charge in [-0.3, -0.25) is 0 Å². The van der Waals surface area contributed by atoms with E-state index in [1.54, 1.807) is 6.92 Å². The van der Waals surface area contributed by atoms with E-state index in [0.717, 1.165) is 0 Å². The lowest BCUT2D eigenvalue weighted by molar-refractivity contribution is 0.163. The molecule has 0 unspecified atom stereocenters. The van der Waals surface area contributed by atoms with E-state index in [9.17, 15) is 4.79 Å². The number of amidine groups is 1. The molecule has 0 saturated heterocycles. The molecule has 1 amide bonds. The number of hydrogen-bond donors (Lipinski definition) is 2. The molecule has 0 aliphatic carbocycles. The Labute approximate surface area is 75.4 Å². The second-order valence-electron chi connectivity index (χ2n) is 1.82. The van der Waals surface area contributed by atoms with Crippen molar-refractivity contribution >= 4 is 18.1 Å². The summed E-state index contributed by atoms with van der Waals surface area (Å²) in [5.74, 6) is -0.308. The summed E-state index contributed by atoms with van der Waals surface area (Å²) in [5.41, 5.74) is 10.3. The van der Waals surface area contributed by atoms with Gasteiger partial charge in [0.1, 0.15) is 0 Å². The molecular weight excluding hydrogens is 176 g/mol. The summed E-state index contributed by atoms with van der Waals surface area (Å²) in [5, 5.41) is 0. The van der Waals surface area contributed by atoms with Gasteiger partial charge in [-0.2, -0.15) is 4.99 Å². The van der Waals surface area contributed by atoms with Crippen molar-refractivity contribution in [2.75, 3.05) is 13.7 Å². The molecule has 0 bridgehead atoms. The van der Waals surface area contributed by atoms with Gasteiger partial charge in [-0.05, 0) is 6.92 Å². The van der Waals surface area contributed by atoms with Crippen molar-refractivity contribution in [1.82, 2.24) is 0 Å². The minimum absolute atomic E-state index is 0.175. The predicted molar refractivity (Wildman–Crippen MR) is 47.3 cm³/mol. The van der Waals surface area contributed by atoms with Crippen LogP contribution in [-0.4, -0.2) is 31.8 Å². The third-order valence-electron chi connectivity index (χ3n) is 0.908. The van der Waals surface area contributed by atoms with E-state index in [-0.39, 0.29) is 18.6 Å². The van der Waals surface area contributed by atoms with Gasteiger partial charge in [-0.15, -0.1) is 4.99 Å². The zero-order valence-electron chi connectivity index (χ0n) is 7.48. The molecule has 0 aromatic carbocycles. The predicted octanol–water partition coefficient (Wildman–Crippen LogP) is -0.581. The summed E-state index contributed by atoms with van der Waals surface area (Å²) in [6.45, 7) is 1.87. The highest BCUT2D eigenvalue weighted by Crippen LogP contribution is 1.84. The summed E-state index contributed by atoms with van der Waals surface area (Å²) >= 11 is 0. The van der Waals surface area contributed by atoms with Crippen molar-refractivity contribution in [3.63, 3.8) is 0 Å². The molecule has 0 atom stereocenters. The van der Waals surface area contributed by atoms with Crippen molar-refractivity contribution in [3.05, 3.63) is 0 Å². The lowest BCUT2D eigenvalue weighted by Crippen LogP contribution is -2.21. The number of nitrogens with two attached hydrogens (primary N) is 2. The molecule has 0 aliphatic heterocycles. The molecule has 0 spiro atoms. The van der Waals surface area contributed by atoms with Crippen LogP contribution in [0.2, 0.25) is 0 Å². The fraction of sp³-hybridized carbons (Fsp3) is 0.500. The van der Waals surface area contributed by atoms with E-state index in [1.807, 2.05) is 0 Å². The maximum atomic E-state index is 10.7. The Balaban J connectivity index is 4.24. The number of aliphatic imine (C=N–C) groups is 2. The van der Waals surface area contributed by atoms with Gasteiger partial charge in [0, 0.05) is 0 Å². The minimum Gasteiger partial charge on any atom is -0.468 e. The zero-order chi connectivity index (χ0) is 10.3. The van der Waals surface area contributed by atoms with E-state index in [1.165, 1.54) is 7.11 Å². The highest BCUT2D eigenvalue weighted by molar-refractivity contribution is 5.95. The van der Waals surface area contributed by atoms with Crippen molar-refractivity contribution in [2.24, 2.45) is 21.5 Å². The van der Waals surface area contributed by atoms with Crippen LogP contribution in [-0.2, 0) is 9.47 Å². The Hall–Kier alpha value is -1.79. The van der Waals surface area contributed by atoms with E-state index >= 15 is 0 Å². The number of rotatable bonds is 1. The average Bonchev–Trinajstić information content (AvgIpc) is 2.04. The fourth-order valence-electron chi connectivity index (χ4n) is 0.433. The molecule has 7 nitrogen and oxygen atoms in total. The van der Waals surface area contributed by atoms with Gasteiger partial charge in [0.2, 0.25) is 5.96 Å². The van der Waals surface area contributed by atoms with Gasteiger partial charge >= 0.3 is 6.09 Å². The highest BCUT2D eigenvalue weighted by atomic mass is 16.5. The van der Waals surface area contributed by atoms with Crippen LogP contribution in [0.15, 0.2) is 9.98 Å². The summed E-state index contributed by atoms with van der Waals surface area (Å²) < 4.78 is 8.95. The monoisotopic (exact) mass is 188 g/mol. The molecule has 0 aromatic heterocycles. The number of amides is 1. The molecule has 0 rings (SSSR count). The van der Waals surface area contributed by atoms with Gasteiger partial charge < -0.3 is 20.9 Å². The number of nitrogens with zero attached hydrogens (tertiary/aromatic N) is 2. The Morgan fingerprint density at radius 1 is 1.38 bits per heavy atom. The molecule has 0 saturated carbocycles. The lowest BCUT2D eigenvalue weighted by atomic mass is 10.9. The van der Waals surface area contributed by atoms with Crippen LogP contribution >= 0.6 is 0 Å². The van der Waals surface area contributed by atoms with Crippen LogP contribution in [0, 0.1) is 0 Å². The molecule has 4 N–H and O–H groups in total. The topological polar surface area (TPSA) is 112 Å². The molecule has 0 radical (unpaired) electrons. The van der Waals surface area contributed by atoms with E-state index in [0.29, 0.717) is 0 Å². The number of hydrogen-bond acceptors (Lipinski definition) is 3. The van der Waals surface area contributed by atoms with Crippen molar-refractivity contribution in [1.29, 1.82) is 0 Å². The first-order valence-electron chi connectivity index (χ1n) is 3.49. The minimum atomic E-state index is -0.812. The molecule has 13 heavy (non-hydrogen) atoms. The molecule has 0 aliphatic rings. The van der Waals surface area contributed by atoms with Crippen LogP contribution in [0.5, 0.6) is 0 Å². The molecule has 0 heterocycles. The number of ether oxygens (including phenoxy) is 2. The average molecular weight is 188 g/mol. The van der Waals surface area contributed by atoms with Gasteiger partial charge in [0.25, 0.3) is 6.02 Å². The first kappa shape index (κ1) is 11.2. The van der Waals surface area contributed by atoms with Crippen molar-refractivity contribution in [3.8, 4) is 0 Å². The van der Waals surface area contributed by atoms with Gasteiger partial charge in [-0.1, -0.05) is 0 Å². The lowest BCUT2D eigenvalue weighted by Gasteiger charge is -1.97. The van der Waals surface area contributed by atoms with Gasteiger partial charge in [-0.25, -0.2) is 4.79 Å². The maximum absolute atomic E-state index is 10.7. The van der Waals surface area contributed by atoms with Crippen molar-refractivity contribution in [2.45, 2.75) is 6.92 Å². The van der Waals surface area contributed by atoms with Gasteiger partial charge in [0.05, 0.1) is 13.7 Å². The molecule has 0 fully saturated rings. The number of carbonyl (C=O) groups is 1. The van der Waals surface area contributed by atoms with Gasteiger partial charge in [0.15, 0.2) is 0 Å². The summed E-state index contributed by atoms with van der Waals surface area (Å²) in [4.78, 5) is 17.3. The van der Waals surface area contributed by atoms with Crippen LogP contribution in [0.1, 0.15) is 6.92 Å². The second-order valence-corrected chi connectivity index (χ2v) is 1.82. The standard InChI is InChI=1S/C6H12N4O3/c1-3-13-6(11)10-4(7)9-5(8)12-2/h3H2,1-2H3,(H4,7,8,9,10,11). The SMILES string of the molecule is CCOC(=O)N=C(N)/N=C(\N)OC. The maximum Gasteiger partial charge on any atom is 0.436 e. The summed E-state index contributed by atoms with van der Waals surface area (Å²) in [6.07, 6.45) is -0.812. The normalized spacial score (nSPS) is 12.5. The summed E-state index contributed by atoms with van der Waals surface area (Å²) in [7, 11) is 1.32. The first-order chi connectivity index (χ1) is 6.10. The Morgan fingerprint density at radius 2 is 2.00 bits per heavy atom. The smallest absolute Gasteiger partial charge is 0.436 e. The van der Waals surface area contributed by atoms with Crippen LogP contribution in [0.3, 0.4) is 0 Å². The van der Waals surface area contributed by atoms with E-state index in [4.69, 9.17) is 11.5 Å². The number of guanidine groups is 1. The fourth-order valence-corrected chi connectivity index (χ4v) is 0.433. The zero-order valence-corrected chi connectivity index (χ0v) is 7.48. The Morgan fingerprint density at radius 3 is 2.46 bits per heavy atom. The Kier molecular flexibility index (Phi) is 5.01. The summed E-state index contributed by atoms with van der Waals surface area (Å²) in [6, 6.07) is -0.175. The van der Waals surface area contributed by atoms with E-state index in [2.05, 4.69) is 19.5 Å². The first-order valence-corrected chi connectivity index (χ1v) is 3.49. The molecule has 74 valence electrons. The second kappa shape index (κ2) is 5.81.